The van der Waals surface area contributed by atoms with Crippen LogP contribution in [0.4, 0.5) is 18.0 Å². The Bertz CT molecular complexity index is 1400. The Morgan fingerprint density at radius 3 is 2.55 bits per heavy atom. The summed E-state index contributed by atoms with van der Waals surface area (Å²) in [6.07, 6.45) is 3.82. The van der Waals surface area contributed by atoms with E-state index in [2.05, 4.69) is 5.32 Å². The smallest absolute Gasteiger partial charge is 0.330 e. The number of alkyl halides is 3. The molecule has 3 amide bonds. The molecule has 0 fully saturated rings. The summed E-state index contributed by atoms with van der Waals surface area (Å²) in [6, 6.07) is 9.96. The number of carbonyl (C=O) groups excluding carboxylic acids is 2. The number of benzene rings is 2. The first kappa shape index (κ1) is 25.8. The summed E-state index contributed by atoms with van der Waals surface area (Å²) in [4.78, 5) is 34.0. The lowest BCUT2D eigenvalue weighted by molar-refractivity contribution is -0.137. The number of nitrogens with one attached hydrogen (secondary N) is 1. The Kier molecular flexibility index (Phi) is 6.88. The van der Waals surface area contributed by atoms with Gasteiger partial charge in [0.2, 0.25) is 5.91 Å². The van der Waals surface area contributed by atoms with Gasteiger partial charge in [0.25, 0.3) is 0 Å². The molecular formula is C28H24ClF3N4O2. The second-order valence-electron chi connectivity index (χ2n) is 9.28. The van der Waals surface area contributed by atoms with E-state index in [4.69, 9.17) is 16.6 Å². The van der Waals surface area contributed by atoms with Crippen LogP contribution in [0.2, 0.25) is 5.02 Å². The second kappa shape index (κ2) is 10.1. The predicted molar refractivity (Wildman–Crippen MR) is 138 cm³/mol. The molecule has 2 heterocycles. The van der Waals surface area contributed by atoms with Crippen LogP contribution >= 0.6 is 11.6 Å². The van der Waals surface area contributed by atoms with Gasteiger partial charge in [-0.1, -0.05) is 48.0 Å². The van der Waals surface area contributed by atoms with E-state index in [1.54, 1.807) is 23.1 Å². The van der Waals surface area contributed by atoms with Gasteiger partial charge in [0.15, 0.2) is 0 Å². The highest BCUT2D eigenvalue weighted by Crippen LogP contribution is 2.46. The van der Waals surface area contributed by atoms with Crippen LogP contribution in [0.15, 0.2) is 89.2 Å². The van der Waals surface area contributed by atoms with Gasteiger partial charge in [-0.3, -0.25) is 19.6 Å². The molecule has 5 rings (SSSR count). The lowest BCUT2D eigenvalue weighted by Gasteiger charge is -2.34. The van der Waals surface area contributed by atoms with E-state index in [-0.39, 0.29) is 12.5 Å². The van der Waals surface area contributed by atoms with Crippen molar-refractivity contribution >= 4 is 29.4 Å². The summed E-state index contributed by atoms with van der Waals surface area (Å²) in [5, 5.41) is 3.00. The number of halogens is 4. The van der Waals surface area contributed by atoms with Crippen molar-refractivity contribution < 1.29 is 22.8 Å². The van der Waals surface area contributed by atoms with E-state index in [1.165, 1.54) is 29.4 Å². The highest BCUT2D eigenvalue weighted by Gasteiger charge is 2.45. The molecule has 6 nitrogen and oxygen atoms in total. The molecule has 196 valence electrons. The summed E-state index contributed by atoms with van der Waals surface area (Å²) >= 11 is 6.33. The van der Waals surface area contributed by atoms with Gasteiger partial charge in [-0.2, -0.15) is 13.2 Å². The minimum atomic E-state index is -4.48. The first-order chi connectivity index (χ1) is 18.1. The number of amides is 3. The third-order valence-electron chi connectivity index (χ3n) is 6.78. The average Bonchev–Trinajstić information content (AvgIpc) is 3.28. The first-order valence-electron chi connectivity index (χ1n) is 12.1. The van der Waals surface area contributed by atoms with E-state index >= 15 is 0 Å². The Labute approximate surface area is 222 Å². The molecule has 10 heteroatoms. The SMILES string of the molecule is CC1=C(C2=NC(c3ccc(C(F)(F)F)cc3)C(c3cccc(Cl)c3)N2C(=O)N2C=CNC(=O)C2)CCC=C1. The standard InChI is InChI=1S/C28H24ClF3N4O2/c1-17-5-2-3-8-22(17)26-34-24(18-9-11-20(12-10-18)28(30,31)32)25(19-6-4-7-21(29)15-19)36(26)27(38)35-14-13-33-23(37)16-35/h2,4-7,9-15,24-25H,3,8,16H2,1H3,(H,33,37). The van der Waals surface area contributed by atoms with E-state index in [0.717, 1.165) is 29.7 Å². The maximum absolute atomic E-state index is 14.1. The fourth-order valence-corrected chi connectivity index (χ4v) is 5.13. The number of aliphatic imine (C=N–C) groups is 1. The molecule has 0 saturated carbocycles. The Hall–Kier alpha value is -3.85. The van der Waals surface area contributed by atoms with E-state index < -0.39 is 29.9 Å². The van der Waals surface area contributed by atoms with Crippen LogP contribution in [-0.4, -0.2) is 34.1 Å². The van der Waals surface area contributed by atoms with Gasteiger partial charge in [-0.25, -0.2) is 4.79 Å². The maximum Gasteiger partial charge on any atom is 0.416 e. The lowest BCUT2D eigenvalue weighted by atomic mass is 9.92. The molecule has 2 aliphatic heterocycles. The van der Waals surface area contributed by atoms with Crippen LogP contribution in [0.25, 0.3) is 0 Å². The predicted octanol–water partition coefficient (Wildman–Crippen LogP) is 6.54. The summed E-state index contributed by atoms with van der Waals surface area (Å²) in [5.74, 6) is 0.0965. The monoisotopic (exact) mass is 540 g/mol. The van der Waals surface area contributed by atoms with E-state index in [9.17, 15) is 22.8 Å². The van der Waals surface area contributed by atoms with Gasteiger partial charge in [0, 0.05) is 17.4 Å². The molecule has 2 atom stereocenters. The van der Waals surface area contributed by atoms with E-state index in [1.807, 2.05) is 25.1 Å². The molecule has 38 heavy (non-hydrogen) atoms. The van der Waals surface area contributed by atoms with Gasteiger partial charge in [0.1, 0.15) is 18.4 Å². The van der Waals surface area contributed by atoms with E-state index in [0.29, 0.717) is 28.4 Å². The fourth-order valence-electron chi connectivity index (χ4n) is 4.94. The van der Waals surface area contributed by atoms with Crippen LogP contribution in [0.1, 0.15) is 48.5 Å². The second-order valence-corrected chi connectivity index (χ2v) is 9.72. The van der Waals surface area contributed by atoms with Crippen molar-refractivity contribution in [3.8, 4) is 0 Å². The van der Waals surface area contributed by atoms with Gasteiger partial charge in [-0.05, 0) is 66.3 Å². The van der Waals surface area contributed by atoms with Crippen molar-refractivity contribution in [1.82, 2.24) is 15.1 Å². The molecular weight excluding hydrogens is 517 g/mol. The minimum absolute atomic E-state index is 0.176. The molecule has 2 unspecified atom stereocenters. The van der Waals surface area contributed by atoms with Crippen LogP contribution < -0.4 is 5.32 Å². The molecule has 0 aromatic heterocycles. The van der Waals surface area contributed by atoms with Crippen molar-refractivity contribution in [2.75, 3.05) is 6.54 Å². The Morgan fingerprint density at radius 1 is 1.13 bits per heavy atom. The summed E-state index contributed by atoms with van der Waals surface area (Å²) < 4.78 is 39.9. The number of hydrogen-bond donors (Lipinski definition) is 1. The molecule has 2 aromatic rings. The zero-order valence-electron chi connectivity index (χ0n) is 20.4. The Balaban J connectivity index is 1.67. The van der Waals surface area contributed by atoms with Gasteiger partial charge < -0.3 is 5.32 Å². The highest BCUT2D eigenvalue weighted by molar-refractivity contribution is 6.30. The zero-order valence-corrected chi connectivity index (χ0v) is 21.1. The molecule has 0 radical (unpaired) electrons. The van der Waals surface area contributed by atoms with Crippen LogP contribution in [0.5, 0.6) is 0 Å². The van der Waals surface area contributed by atoms with Crippen LogP contribution in [-0.2, 0) is 11.0 Å². The van der Waals surface area contributed by atoms with Gasteiger partial charge in [-0.15, -0.1) is 0 Å². The maximum atomic E-state index is 14.1. The number of nitrogens with zero attached hydrogens (tertiary/aromatic N) is 3. The third-order valence-corrected chi connectivity index (χ3v) is 7.01. The van der Waals surface area contributed by atoms with Gasteiger partial charge in [0.05, 0.1) is 11.6 Å². The number of rotatable bonds is 3. The van der Waals surface area contributed by atoms with Gasteiger partial charge >= 0.3 is 12.2 Å². The average molecular weight is 541 g/mol. The number of allylic oxidation sites excluding steroid dienone is 3. The molecule has 1 aliphatic carbocycles. The quantitative estimate of drug-likeness (QED) is 0.480. The largest absolute Gasteiger partial charge is 0.416 e. The first-order valence-corrected chi connectivity index (χ1v) is 12.4. The summed E-state index contributed by atoms with van der Waals surface area (Å²) in [6.45, 7) is 1.76. The summed E-state index contributed by atoms with van der Waals surface area (Å²) in [5.41, 5.74) is 2.23. The minimum Gasteiger partial charge on any atom is -0.330 e. The fraction of sp³-hybridized carbons (Fsp3) is 0.250. The lowest BCUT2D eigenvalue weighted by Crippen LogP contribution is -2.49. The highest BCUT2D eigenvalue weighted by atomic mass is 35.5. The number of urea groups is 1. The topological polar surface area (TPSA) is 65.0 Å². The van der Waals surface area contributed by atoms with Crippen LogP contribution in [0, 0.1) is 0 Å². The number of hydrogen-bond acceptors (Lipinski definition) is 3. The van der Waals surface area contributed by atoms with Crippen molar-refractivity contribution in [3.63, 3.8) is 0 Å². The molecule has 1 N–H and O–H groups in total. The number of carbonyl (C=O) groups is 2. The molecule has 0 saturated heterocycles. The van der Waals surface area contributed by atoms with Crippen LogP contribution in [0.3, 0.4) is 0 Å². The Morgan fingerprint density at radius 2 is 1.89 bits per heavy atom. The normalized spacial score (nSPS) is 21.6. The van der Waals surface area contributed by atoms with Crippen molar-refractivity contribution in [2.24, 2.45) is 4.99 Å². The summed E-state index contributed by atoms with van der Waals surface area (Å²) in [7, 11) is 0. The third kappa shape index (κ3) is 4.98. The zero-order chi connectivity index (χ0) is 27.0. The number of amidine groups is 1. The molecule has 2 aromatic carbocycles. The van der Waals surface area contributed by atoms with Crippen molar-refractivity contribution in [2.45, 2.75) is 38.0 Å². The molecule has 0 bridgehead atoms. The molecule has 3 aliphatic rings. The van der Waals surface area contributed by atoms with Crippen molar-refractivity contribution in [1.29, 1.82) is 0 Å². The van der Waals surface area contributed by atoms with Crippen molar-refractivity contribution in [3.05, 3.63) is 106 Å². The molecule has 0 spiro atoms.